The van der Waals surface area contributed by atoms with Gasteiger partial charge in [0.15, 0.2) is 0 Å². The lowest BCUT2D eigenvalue weighted by atomic mass is 10.00. The number of rotatable bonds is 1. The number of aromatic nitrogens is 3. The average molecular weight is 344 g/mol. The van der Waals surface area contributed by atoms with E-state index in [1.54, 1.807) is 6.07 Å². The summed E-state index contributed by atoms with van der Waals surface area (Å²) >= 11 is 12.3. The largest absolute Gasteiger partial charge is 0.383 e. The summed E-state index contributed by atoms with van der Waals surface area (Å²) in [4.78, 5) is 11.6. The molecule has 4 rings (SSSR count). The molecule has 2 aromatic heterocycles. The van der Waals surface area contributed by atoms with Crippen LogP contribution in [0.3, 0.4) is 0 Å². The molecule has 0 radical (unpaired) electrons. The van der Waals surface area contributed by atoms with Gasteiger partial charge in [-0.05, 0) is 35.9 Å². The van der Waals surface area contributed by atoms with E-state index in [-0.39, 0.29) is 5.95 Å². The summed E-state index contributed by atoms with van der Waals surface area (Å²) in [6.07, 6.45) is 1.84. The van der Waals surface area contributed by atoms with Crippen molar-refractivity contribution < 1.29 is 0 Å². The molecule has 5 nitrogen and oxygen atoms in total. The van der Waals surface area contributed by atoms with Crippen LogP contribution >= 0.6 is 23.2 Å². The molecule has 7 heteroatoms. The van der Waals surface area contributed by atoms with E-state index >= 15 is 0 Å². The molecule has 0 aliphatic rings. The van der Waals surface area contributed by atoms with Crippen molar-refractivity contribution in [1.29, 1.82) is 0 Å². The Kier molecular flexibility index (Phi) is 3.07. The second-order valence-electron chi connectivity index (χ2n) is 5.21. The Bertz CT molecular complexity index is 1050. The van der Waals surface area contributed by atoms with E-state index in [2.05, 4.69) is 15.0 Å². The first-order valence-electron chi connectivity index (χ1n) is 6.82. The van der Waals surface area contributed by atoms with Crippen molar-refractivity contribution in [3.05, 3.63) is 46.6 Å². The number of nitrogen functional groups attached to an aromatic ring is 2. The summed E-state index contributed by atoms with van der Waals surface area (Å²) < 4.78 is 0. The second kappa shape index (κ2) is 5.01. The highest BCUT2D eigenvalue weighted by Crippen LogP contribution is 2.37. The van der Waals surface area contributed by atoms with E-state index in [1.165, 1.54) is 0 Å². The fourth-order valence-electron chi connectivity index (χ4n) is 2.84. The van der Waals surface area contributed by atoms with E-state index in [9.17, 15) is 0 Å². The first kappa shape index (κ1) is 14.1. The SMILES string of the molecule is Nc1nc(N)c2c(cc(-c3cc(Cl)cc(Cl)c3)c3[nH]ccc32)n1. The normalized spacial score (nSPS) is 11.4. The summed E-state index contributed by atoms with van der Waals surface area (Å²) in [5.74, 6) is 0.493. The smallest absolute Gasteiger partial charge is 0.222 e. The van der Waals surface area contributed by atoms with Gasteiger partial charge in [-0.25, -0.2) is 4.98 Å². The maximum absolute atomic E-state index is 6.13. The Balaban J connectivity index is 2.15. The molecule has 0 fully saturated rings. The molecule has 2 aromatic carbocycles. The zero-order chi connectivity index (χ0) is 16.1. The third kappa shape index (κ3) is 2.25. The van der Waals surface area contributed by atoms with Gasteiger partial charge in [-0.1, -0.05) is 23.2 Å². The van der Waals surface area contributed by atoms with E-state index in [4.69, 9.17) is 34.7 Å². The summed E-state index contributed by atoms with van der Waals surface area (Å²) in [6.45, 7) is 0. The summed E-state index contributed by atoms with van der Waals surface area (Å²) in [6, 6.07) is 9.23. The maximum Gasteiger partial charge on any atom is 0.222 e. The van der Waals surface area contributed by atoms with Crippen molar-refractivity contribution in [1.82, 2.24) is 15.0 Å². The van der Waals surface area contributed by atoms with Gasteiger partial charge in [-0.15, -0.1) is 0 Å². The molecule has 2 heterocycles. The van der Waals surface area contributed by atoms with Gasteiger partial charge >= 0.3 is 0 Å². The van der Waals surface area contributed by atoms with E-state index in [0.717, 1.165) is 27.4 Å². The summed E-state index contributed by atoms with van der Waals surface area (Å²) in [7, 11) is 0. The zero-order valence-corrected chi connectivity index (χ0v) is 13.3. The minimum atomic E-state index is 0.139. The Labute approximate surface area is 141 Å². The van der Waals surface area contributed by atoms with Gasteiger partial charge < -0.3 is 16.5 Å². The molecule has 0 aliphatic carbocycles. The van der Waals surface area contributed by atoms with Gasteiger partial charge in [0.1, 0.15) is 5.82 Å². The second-order valence-corrected chi connectivity index (χ2v) is 6.08. The third-order valence-electron chi connectivity index (χ3n) is 3.72. The lowest BCUT2D eigenvalue weighted by Gasteiger charge is -2.10. The maximum atomic E-state index is 6.13. The molecule has 114 valence electrons. The molecule has 23 heavy (non-hydrogen) atoms. The van der Waals surface area contributed by atoms with Gasteiger partial charge in [0.2, 0.25) is 5.95 Å². The fraction of sp³-hybridized carbons (Fsp3) is 0. The van der Waals surface area contributed by atoms with Gasteiger partial charge in [0.25, 0.3) is 0 Å². The van der Waals surface area contributed by atoms with Gasteiger partial charge in [0, 0.05) is 27.2 Å². The van der Waals surface area contributed by atoms with Crippen LogP contribution in [-0.4, -0.2) is 15.0 Å². The Morgan fingerprint density at radius 2 is 1.70 bits per heavy atom. The van der Waals surface area contributed by atoms with Crippen molar-refractivity contribution in [2.24, 2.45) is 0 Å². The van der Waals surface area contributed by atoms with Crippen LogP contribution in [0.4, 0.5) is 11.8 Å². The van der Waals surface area contributed by atoms with Gasteiger partial charge in [-0.2, -0.15) is 4.98 Å². The highest BCUT2D eigenvalue weighted by atomic mass is 35.5. The van der Waals surface area contributed by atoms with Crippen LogP contribution in [0.1, 0.15) is 0 Å². The number of halogens is 2. The number of fused-ring (bicyclic) bond motifs is 3. The molecule has 0 unspecified atom stereocenters. The van der Waals surface area contributed by atoms with Crippen molar-refractivity contribution in [2.75, 3.05) is 11.5 Å². The average Bonchev–Trinajstić information content (AvgIpc) is 2.93. The monoisotopic (exact) mass is 343 g/mol. The van der Waals surface area contributed by atoms with E-state index in [1.807, 2.05) is 30.5 Å². The van der Waals surface area contributed by atoms with Crippen LogP contribution in [0, 0.1) is 0 Å². The summed E-state index contributed by atoms with van der Waals surface area (Å²) in [5, 5.41) is 2.82. The van der Waals surface area contributed by atoms with Crippen LogP contribution < -0.4 is 11.5 Å². The van der Waals surface area contributed by atoms with Crippen molar-refractivity contribution in [3.8, 4) is 11.1 Å². The first-order chi connectivity index (χ1) is 11.0. The number of hydrogen-bond acceptors (Lipinski definition) is 4. The Morgan fingerprint density at radius 1 is 0.957 bits per heavy atom. The first-order valence-corrected chi connectivity index (χ1v) is 7.58. The molecule has 0 saturated heterocycles. The van der Waals surface area contributed by atoms with Crippen molar-refractivity contribution >= 4 is 56.8 Å². The van der Waals surface area contributed by atoms with Crippen LogP contribution in [0.5, 0.6) is 0 Å². The number of nitrogens with two attached hydrogens (primary N) is 2. The van der Waals surface area contributed by atoms with E-state index in [0.29, 0.717) is 21.4 Å². The number of benzene rings is 2. The predicted molar refractivity (Wildman–Crippen MR) is 95.7 cm³/mol. The number of H-pyrrole nitrogens is 1. The molecule has 0 saturated carbocycles. The predicted octanol–water partition coefficient (Wildman–Crippen LogP) is 4.25. The Morgan fingerprint density at radius 3 is 2.43 bits per heavy atom. The summed E-state index contributed by atoms with van der Waals surface area (Å²) in [5.41, 5.74) is 15.1. The van der Waals surface area contributed by atoms with Gasteiger partial charge in [0.05, 0.1) is 16.4 Å². The lowest BCUT2D eigenvalue weighted by Crippen LogP contribution is -2.01. The van der Waals surface area contributed by atoms with Crippen LogP contribution in [-0.2, 0) is 0 Å². The fourth-order valence-corrected chi connectivity index (χ4v) is 3.37. The van der Waals surface area contributed by atoms with Crippen LogP contribution in [0.25, 0.3) is 32.9 Å². The number of nitrogens with zero attached hydrogens (tertiary/aromatic N) is 2. The minimum Gasteiger partial charge on any atom is -0.383 e. The number of hydrogen-bond donors (Lipinski definition) is 3. The molecule has 0 aliphatic heterocycles. The number of nitrogens with one attached hydrogen (secondary N) is 1. The van der Waals surface area contributed by atoms with Gasteiger partial charge in [-0.3, -0.25) is 0 Å². The molecular formula is C16H11Cl2N5. The quantitative estimate of drug-likeness (QED) is 0.481. The topological polar surface area (TPSA) is 93.6 Å². The number of aromatic amines is 1. The highest BCUT2D eigenvalue weighted by molar-refractivity contribution is 6.35. The lowest BCUT2D eigenvalue weighted by molar-refractivity contribution is 1.25. The molecule has 0 amide bonds. The molecule has 4 aromatic rings. The molecule has 0 bridgehead atoms. The zero-order valence-electron chi connectivity index (χ0n) is 11.8. The van der Waals surface area contributed by atoms with Crippen LogP contribution in [0.15, 0.2) is 36.5 Å². The number of anilines is 2. The van der Waals surface area contributed by atoms with E-state index < -0.39 is 0 Å². The third-order valence-corrected chi connectivity index (χ3v) is 4.16. The molecule has 0 atom stereocenters. The van der Waals surface area contributed by atoms with Crippen molar-refractivity contribution in [3.63, 3.8) is 0 Å². The van der Waals surface area contributed by atoms with Crippen molar-refractivity contribution in [2.45, 2.75) is 0 Å². The molecule has 0 spiro atoms. The minimum absolute atomic E-state index is 0.139. The van der Waals surface area contributed by atoms with Crippen LogP contribution in [0.2, 0.25) is 10.0 Å². The molecular weight excluding hydrogens is 333 g/mol. The standard InChI is InChI=1S/C16H11Cl2N5/c17-8-3-7(4-9(18)5-8)11-6-12-13(10-1-2-21-14(10)11)15(19)23-16(20)22-12/h1-6,21H,(H4,19,20,22,23). The molecule has 5 N–H and O–H groups in total. The highest BCUT2D eigenvalue weighted by Gasteiger charge is 2.14. The Hall–Kier alpha value is -2.50.